The maximum atomic E-state index is 12.1. The van der Waals surface area contributed by atoms with Gasteiger partial charge in [0, 0.05) is 42.7 Å². The van der Waals surface area contributed by atoms with Crippen LogP contribution in [0.3, 0.4) is 0 Å². The van der Waals surface area contributed by atoms with Crippen molar-refractivity contribution in [2.24, 2.45) is 0 Å². The highest BCUT2D eigenvalue weighted by molar-refractivity contribution is 5.91. The summed E-state index contributed by atoms with van der Waals surface area (Å²) >= 11 is 0. The van der Waals surface area contributed by atoms with E-state index in [-0.39, 0.29) is 5.91 Å². The monoisotopic (exact) mass is 373 g/mol. The quantitative estimate of drug-likeness (QED) is 0.627. The number of aryl methyl sites for hydroxylation is 1. The highest BCUT2D eigenvalue weighted by Crippen LogP contribution is 2.25. The molecule has 1 fully saturated rings. The molecule has 28 heavy (non-hydrogen) atoms. The van der Waals surface area contributed by atoms with Crippen LogP contribution in [0.1, 0.15) is 17.5 Å². The number of nitrogens with two attached hydrogens (primary N) is 1. The van der Waals surface area contributed by atoms with Crippen LogP contribution in [0, 0.1) is 18.8 Å². The molecule has 7 nitrogen and oxygen atoms in total. The Bertz CT molecular complexity index is 1160. The Hall–Kier alpha value is -3.50. The van der Waals surface area contributed by atoms with E-state index >= 15 is 0 Å². The number of hydrogen-bond donors (Lipinski definition) is 2. The van der Waals surface area contributed by atoms with Gasteiger partial charge in [-0.15, -0.1) is 0 Å². The molecule has 1 atom stereocenters. The van der Waals surface area contributed by atoms with Gasteiger partial charge in [-0.2, -0.15) is 0 Å². The van der Waals surface area contributed by atoms with Gasteiger partial charge in [-0.05, 0) is 24.6 Å². The second kappa shape index (κ2) is 6.59. The van der Waals surface area contributed by atoms with Gasteiger partial charge in [-0.1, -0.05) is 24.0 Å². The van der Waals surface area contributed by atoms with Crippen molar-refractivity contribution in [1.29, 1.82) is 0 Å². The molecule has 0 saturated carbocycles. The van der Waals surface area contributed by atoms with Crippen molar-refractivity contribution in [1.82, 2.24) is 19.9 Å². The topological polar surface area (TPSA) is 105 Å². The van der Waals surface area contributed by atoms with E-state index in [1.165, 1.54) is 4.90 Å². The summed E-state index contributed by atoms with van der Waals surface area (Å²) in [6.07, 6.45) is 3.59. The Kier molecular flexibility index (Phi) is 4.21. The van der Waals surface area contributed by atoms with E-state index in [1.807, 2.05) is 25.1 Å². The summed E-state index contributed by atoms with van der Waals surface area (Å²) in [5, 5.41) is 11.3. The Morgan fingerprint density at radius 2 is 2.11 bits per heavy atom. The number of amides is 1. The largest absolute Gasteiger partial charge is 0.383 e. The van der Waals surface area contributed by atoms with Gasteiger partial charge in [0.2, 0.25) is 5.60 Å². The third kappa shape index (κ3) is 3.04. The van der Waals surface area contributed by atoms with Crippen LogP contribution in [0.2, 0.25) is 0 Å². The van der Waals surface area contributed by atoms with Gasteiger partial charge >= 0.3 is 0 Å². The molecule has 0 unspecified atom stereocenters. The molecule has 1 aliphatic rings. The molecule has 0 radical (unpaired) electrons. The second-order valence-electron chi connectivity index (χ2n) is 6.94. The predicted octanol–water partition coefficient (Wildman–Crippen LogP) is 1.53. The number of carbonyl (C=O) groups is 1. The summed E-state index contributed by atoms with van der Waals surface area (Å²) < 4.78 is 0. The molecule has 0 aliphatic carbocycles. The van der Waals surface area contributed by atoms with Crippen LogP contribution in [-0.4, -0.2) is 50.1 Å². The fraction of sp³-hybridized carbons (Fsp3) is 0.238. The van der Waals surface area contributed by atoms with Crippen molar-refractivity contribution < 1.29 is 9.90 Å². The number of nitrogens with zero attached hydrogens (tertiary/aromatic N) is 4. The number of likely N-dealkylation sites (N-methyl/N-ethyl adjacent to an activating group) is 1. The van der Waals surface area contributed by atoms with Crippen molar-refractivity contribution in [3.63, 3.8) is 0 Å². The summed E-state index contributed by atoms with van der Waals surface area (Å²) in [5.41, 5.74) is 7.46. The minimum atomic E-state index is -1.63. The van der Waals surface area contributed by atoms with Crippen molar-refractivity contribution in [2.75, 3.05) is 19.3 Å². The standard InChI is InChI=1S/C21H19N5O2/c1-13-3-4-15(19-24-17-12-23-9-6-16(17)18(22)25-19)11-14(13)5-7-21(28)8-10-26(2)20(21)27/h3-4,6,9,11-12,28H,8,10H2,1-2H3,(H2,22,24,25)/t21-/m0/s1. The number of aliphatic hydroxyl groups is 1. The Labute approximate surface area is 162 Å². The van der Waals surface area contributed by atoms with Crippen LogP contribution >= 0.6 is 0 Å². The number of rotatable bonds is 1. The van der Waals surface area contributed by atoms with E-state index in [0.29, 0.717) is 35.7 Å². The molecule has 1 saturated heterocycles. The van der Waals surface area contributed by atoms with Crippen LogP contribution in [0.4, 0.5) is 5.82 Å². The van der Waals surface area contributed by atoms with Crippen LogP contribution in [0.15, 0.2) is 36.7 Å². The minimum absolute atomic E-state index is 0.297. The maximum Gasteiger partial charge on any atom is 0.267 e. The number of anilines is 1. The number of likely N-dealkylation sites (tertiary alicyclic amines) is 1. The van der Waals surface area contributed by atoms with Crippen molar-refractivity contribution in [2.45, 2.75) is 18.9 Å². The number of pyridine rings is 1. The van der Waals surface area contributed by atoms with Gasteiger partial charge in [0.1, 0.15) is 5.82 Å². The van der Waals surface area contributed by atoms with Crippen LogP contribution in [-0.2, 0) is 4.79 Å². The first-order chi connectivity index (χ1) is 13.4. The molecule has 0 bridgehead atoms. The highest BCUT2D eigenvalue weighted by atomic mass is 16.3. The van der Waals surface area contributed by atoms with E-state index in [9.17, 15) is 9.90 Å². The first kappa shape index (κ1) is 17.9. The fourth-order valence-electron chi connectivity index (χ4n) is 3.17. The molecule has 0 spiro atoms. The molecule has 1 aliphatic heterocycles. The van der Waals surface area contributed by atoms with E-state index < -0.39 is 5.60 Å². The number of nitrogen functional groups attached to an aromatic ring is 1. The summed E-state index contributed by atoms with van der Waals surface area (Å²) in [6.45, 7) is 2.40. The van der Waals surface area contributed by atoms with Crippen molar-refractivity contribution >= 4 is 22.6 Å². The van der Waals surface area contributed by atoms with Gasteiger partial charge in [0.05, 0.1) is 11.7 Å². The summed E-state index contributed by atoms with van der Waals surface area (Å²) in [6, 6.07) is 7.41. The van der Waals surface area contributed by atoms with Gasteiger partial charge < -0.3 is 15.7 Å². The maximum absolute atomic E-state index is 12.1. The average molecular weight is 373 g/mol. The number of benzene rings is 1. The van der Waals surface area contributed by atoms with E-state index in [2.05, 4.69) is 26.8 Å². The third-order valence-electron chi connectivity index (χ3n) is 4.94. The van der Waals surface area contributed by atoms with Crippen LogP contribution < -0.4 is 5.73 Å². The lowest BCUT2D eigenvalue weighted by atomic mass is 10.0. The summed E-state index contributed by atoms with van der Waals surface area (Å²) in [5.74, 6) is 6.19. The van der Waals surface area contributed by atoms with Crippen molar-refractivity contribution in [3.8, 4) is 23.2 Å². The highest BCUT2D eigenvalue weighted by Gasteiger charge is 2.42. The summed E-state index contributed by atoms with van der Waals surface area (Å²) in [7, 11) is 1.66. The Morgan fingerprint density at radius 3 is 2.86 bits per heavy atom. The van der Waals surface area contributed by atoms with Gasteiger partial charge in [-0.25, -0.2) is 9.97 Å². The zero-order valence-electron chi connectivity index (χ0n) is 15.6. The molecule has 3 N–H and O–H groups in total. The molecule has 3 aromatic rings. The lowest BCUT2D eigenvalue weighted by Crippen LogP contribution is -2.37. The van der Waals surface area contributed by atoms with E-state index in [1.54, 1.807) is 25.5 Å². The number of carbonyl (C=O) groups excluding carboxylic acids is 1. The summed E-state index contributed by atoms with van der Waals surface area (Å²) in [4.78, 5) is 26.6. The molecule has 7 heteroatoms. The fourth-order valence-corrected chi connectivity index (χ4v) is 3.17. The lowest BCUT2D eigenvalue weighted by Gasteiger charge is -2.13. The molecule has 140 valence electrons. The zero-order valence-corrected chi connectivity index (χ0v) is 15.6. The van der Waals surface area contributed by atoms with Gasteiger partial charge in [0.25, 0.3) is 5.91 Å². The molecule has 3 heterocycles. The molecule has 2 aromatic heterocycles. The number of hydrogen-bond acceptors (Lipinski definition) is 6. The van der Waals surface area contributed by atoms with Crippen LogP contribution in [0.5, 0.6) is 0 Å². The third-order valence-corrected chi connectivity index (χ3v) is 4.94. The predicted molar refractivity (Wildman–Crippen MR) is 106 cm³/mol. The molecular formula is C21H19N5O2. The first-order valence-corrected chi connectivity index (χ1v) is 8.87. The first-order valence-electron chi connectivity index (χ1n) is 8.87. The molecule has 1 amide bonds. The molecular weight excluding hydrogens is 354 g/mol. The zero-order chi connectivity index (χ0) is 19.9. The van der Waals surface area contributed by atoms with E-state index in [0.717, 1.165) is 16.5 Å². The normalized spacial score (nSPS) is 19.0. The Balaban J connectivity index is 1.75. The Morgan fingerprint density at radius 1 is 1.29 bits per heavy atom. The van der Waals surface area contributed by atoms with E-state index in [4.69, 9.17) is 5.73 Å². The number of fused-ring (bicyclic) bond motifs is 1. The van der Waals surface area contributed by atoms with Gasteiger partial charge in [0.15, 0.2) is 5.82 Å². The lowest BCUT2D eigenvalue weighted by molar-refractivity contribution is -0.137. The molecule has 4 rings (SSSR count). The van der Waals surface area contributed by atoms with Gasteiger partial charge in [-0.3, -0.25) is 9.78 Å². The number of aromatic nitrogens is 3. The second-order valence-corrected chi connectivity index (χ2v) is 6.94. The SMILES string of the molecule is Cc1ccc(-c2nc(N)c3ccncc3n2)cc1C#C[C@]1(O)CCN(C)C1=O. The van der Waals surface area contributed by atoms with Crippen molar-refractivity contribution in [3.05, 3.63) is 47.8 Å². The smallest absolute Gasteiger partial charge is 0.267 e. The average Bonchev–Trinajstić information content (AvgIpc) is 2.95. The minimum Gasteiger partial charge on any atom is -0.383 e. The molecule has 1 aromatic carbocycles. The van der Waals surface area contributed by atoms with Crippen LogP contribution in [0.25, 0.3) is 22.3 Å².